The fourth-order valence-corrected chi connectivity index (χ4v) is 2.01. The Bertz CT molecular complexity index is 745. The summed E-state index contributed by atoms with van der Waals surface area (Å²) in [5.74, 6) is 0.00506. The second-order valence-electron chi connectivity index (χ2n) is 4.14. The first kappa shape index (κ1) is 12.5. The molecule has 0 unspecified atom stereocenters. The molecule has 5 nitrogen and oxygen atoms in total. The van der Waals surface area contributed by atoms with Gasteiger partial charge in [-0.3, -0.25) is 4.79 Å². The second kappa shape index (κ2) is 4.86. The predicted octanol–water partition coefficient (Wildman–Crippen LogP) is 2.88. The van der Waals surface area contributed by atoms with E-state index in [1.165, 1.54) is 0 Å². The smallest absolute Gasteiger partial charge is 0.269 e. The number of primary amides is 1. The molecular weight excluding hydrogens is 278 g/mol. The van der Waals surface area contributed by atoms with Crippen LogP contribution in [0.15, 0.2) is 53.1 Å². The van der Waals surface area contributed by atoms with Crippen molar-refractivity contribution in [1.29, 1.82) is 0 Å². The SMILES string of the molecule is NC(=O)c1cc(-c2ccco2)n(-c2ccc(Cl)cc2)n1. The largest absolute Gasteiger partial charge is 0.463 e. The van der Waals surface area contributed by atoms with Crippen LogP contribution < -0.4 is 5.73 Å². The highest BCUT2D eigenvalue weighted by Crippen LogP contribution is 2.25. The number of amides is 1. The van der Waals surface area contributed by atoms with Crippen molar-refractivity contribution in [3.63, 3.8) is 0 Å². The molecule has 0 saturated heterocycles. The van der Waals surface area contributed by atoms with Gasteiger partial charge in [-0.25, -0.2) is 4.68 Å². The Hall–Kier alpha value is -2.53. The lowest BCUT2D eigenvalue weighted by atomic mass is 10.2. The predicted molar refractivity (Wildman–Crippen MR) is 74.8 cm³/mol. The molecular formula is C14H10ClN3O2. The van der Waals surface area contributed by atoms with Gasteiger partial charge in [0.05, 0.1) is 12.0 Å². The summed E-state index contributed by atoms with van der Waals surface area (Å²) in [6.45, 7) is 0. The zero-order valence-electron chi connectivity index (χ0n) is 10.3. The lowest BCUT2D eigenvalue weighted by molar-refractivity contribution is 0.0995. The minimum atomic E-state index is -0.592. The maximum atomic E-state index is 11.3. The number of furan rings is 1. The quantitative estimate of drug-likeness (QED) is 0.805. The number of carbonyl (C=O) groups is 1. The van der Waals surface area contributed by atoms with Gasteiger partial charge < -0.3 is 10.2 Å². The van der Waals surface area contributed by atoms with E-state index >= 15 is 0 Å². The van der Waals surface area contributed by atoms with Crippen LogP contribution in [-0.4, -0.2) is 15.7 Å². The van der Waals surface area contributed by atoms with Gasteiger partial charge in [0.25, 0.3) is 5.91 Å². The minimum Gasteiger partial charge on any atom is -0.463 e. The Kier molecular flexibility index (Phi) is 3.04. The molecule has 0 fully saturated rings. The summed E-state index contributed by atoms with van der Waals surface area (Å²) < 4.78 is 6.95. The van der Waals surface area contributed by atoms with E-state index in [2.05, 4.69) is 5.10 Å². The van der Waals surface area contributed by atoms with Gasteiger partial charge in [0.15, 0.2) is 11.5 Å². The number of nitrogens with zero attached hydrogens (tertiary/aromatic N) is 2. The van der Waals surface area contributed by atoms with Gasteiger partial charge in [-0.1, -0.05) is 11.6 Å². The van der Waals surface area contributed by atoms with Gasteiger partial charge in [-0.15, -0.1) is 0 Å². The van der Waals surface area contributed by atoms with Crippen molar-refractivity contribution in [2.45, 2.75) is 0 Å². The average Bonchev–Trinajstić information content (AvgIpc) is 3.08. The molecule has 20 heavy (non-hydrogen) atoms. The lowest BCUT2D eigenvalue weighted by Crippen LogP contribution is -2.12. The molecule has 100 valence electrons. The van der Waals surface area contributed by atoms with Crippen LogP contribution in [0.3, 0.4) is 0 Å². The van der Waals surface area contributed by atoms with Gasteiger partial charge >= 0.3 is 0 Å². The standard InChI is InChI=1S/C14H10ClN3O2/c15-9-3-5-10(6-4-9)18-12(13-2-1-7-20-13)8-11(17-18)14(16)19/h1-8H,(H2,16,19). The van der Waals surface area contributed by atoms with Crippen molar-refractivity contribution < 1.29 is 9.21 Å². The number of benzene rings is 1. The molecule has 2 aromatic heterocycles. The molecule has 0 atom stereocenters. The maximum Gasteiger partial charge on any atom is 0.269 e. The topological polar surface area (TPSA) is 74.1 Å². The number of rotatable bonds is 3. The van der Waals surface area contributed by atoms with E-state index in [9.17, 15) is 4.79 Å². The van der Waals surface area contributed by atoms with E-state index in [4.69, 9.17) is 21.8 Å². The van der Waals surface area contributed by atoms with Gasteiger partial charge in [0.1, 0.15) is 5.69 Å². The number of aromatic nitrogens is 2. The highest BCUT2D eigenvalue weighted by Gasteiger charge is 2.16. The molecule has 1 aromatic carbocycles. The Balaban J connectivity index is 2.18. The number of hydrogen-bond donors (Lipinski definition) is 1. The Morgan fingerprint density at radius 2 is 2.00 bits per heavy atom. The van der Waals surface area contributed by atoms with E-state index < -0.39 is 5.91 Å². The highest BCUT2D eigenvalue weighted by atomic mass is 35.5. The molecule has 0 saturated carbocycles. The summed E-state index contributed by atoms with van der Waals surface area (Å²) >= 11 is 5.87. The first-order valence-electron chi connectivity index (χ1n) is 5.85. The molecule has 2 heterocycles. The van der Waals surface area contributed by atoms with E-state index in [1.54, 1.807) is 53.4 Å². The Morgan fingerprint density at radius 1 is 1.25 bits per heavy atom. The maximum absolute atomic E-state index is 11.3. The van der Waals surface area contributed by atoms with Gasteiger partial charge in [0.2, 0.25) is 0 Å². The van der Waals surface area contributed by atoms with Crippen LogP contribution in [0.1, 0.15) is 10.5 Å². The normalized spacial score (nSPS) is 10.7. The first-order valence-corrected chi connectivity index (χ1v) is 6.22. The Morgan fingerprint density at radius 3 is 2.60 bits per heavy atom. The monoisotopic (exact) mass is 287 g/mol. The fraction of sp³-hybridized carbons (Fsp3) is 0. The first-order chi connectivity index (χ1) is 9.65. The van der Waals surface area contributed by atoms with Crippen molar-refractivity contribution >= 4 is 17.5 Å². The van der Waals surface area contributed by atoms with Crippen LogP contribution in [0.5, 0.6) is 0 Å². The van der Waals surface area contributed by atoms with Crippen molar-refractivity contribution in [2.24, 2.45) is 5.73 Å². The summed E-state index contributed by atoms with van der Waals surface area (Å²) in [7, 11) is 0. The van der Waals surface area contributed by atoms with E-state index in [-0.39, 0.29) is 5.69 Å². The highest BCUT2D eigenvalue weighted by molar-refractivity contribution is 6.30. The van der Waals surface area contributed by atoms with Crippen LogP contribution in [-0.2, 0) is 0 Å². The molecule has 0 aliphatic rings. The van der Waals surface area contributed by atoms with Crippen LogP contribution in [0.2, 0.25) is 5.02 Å². The average molecular weight is 288 g/mol. The number of halogens is 1. The van der Waals surface area contributed by atoms with E-state index in [0.717, 1.165) is 5.69 Å². The van der Waals surface area contributed by atoms with Crippen LogP contribution in [0, 0.1) is 0 Å². The van der Waals surface area contributed by atoms with Crippen LogP contribution in [0.25, 0.3) is 17.1 Å². The fourth-order valence-electron chi connectivity index (χ4n) is 1.88. The molecule has 0 radical (unpaired) electrons. The minimum absolute atomic E-state index is 0.173. The number of nitrogens with two attached hydrogens (primary N) is 1. The third-order valence-electron chi connectivity index (χ3n) is 2.81. The molecule has 2 N–H and O–H groups in total. The summed E-state index contributed by atoms with van der Waals surface area (Å²) in [5, 5.41) is 4.83. The zero-order chi connectivity index (χ0) is 14.1. The summed E-state index contributed by atoms with van der Waals surface area (Å²) in [5.41, 5.74) is 6.86. The van der Waals surface area contributed by atoms with E-state index in [0.29, 0.717) is 16.5 Å². The van der Waals surface area contributed by atoms with Gasteiger partial charge in [0, 0.05) is 11.1 Å². The van der Waals surface area contributed by atoms with Gasteiger partial charge in [-0.2, -0.15) is 5.10 Å². The van der Waals surface area contributed by atoms with Crippen molar-refractivity contribution in [3.05, 3.63) is 59.4 Å². The molecule has 1 amide bonds. The molecule has 0 spiro atoms. The number of carbonyl (C=O) groups excluding carboxylic acids is 1. The van der Waals surface area contributed by atoms with Gasteiger partial charge in [-0.05, 0) is 36.4 Å². The lowest BCUT2D eigenvalue weighted by Gasteiger charge is -2.05. The molecule has 6 heteroatoms. The number of hydrogen-bond acceptors (Lipinski definition) is 3. The molecule has 0 bridgehead atoms. The molecule has 3 aromatic rings. The third kappa shape index (κ3) is 2.19. The summed E-state index contributed by atoms with van der Waals surface area (Å²) in [6, 6.07) is 12.2. The summed E-state index contributed by atoms with van der Waals surface area (Å²) in [4.78, 5) is 11.3. The summed E-state index contributed by atoms with van der Waals surface area (Å²) in [6.07, 6.45) is 1.55. The molecule has 3 rings (SSSR count). The van der Waals surface area contributed by atoms with Crippen LogP contribution >= 0.6 is 11.6 Å². The van der Waals surface area contributed by atoms with Crippen LogP contribution in [0.4, 0.5) is 0 Å². The van der Waals surface area contributed by atoms with E-state index in [1.807, 2.05) is 0 Å². The zero-order valence-corrected chi connectivity index (χ0v) is 11.0. The van der Waals surface area contributed by atoms with Crippen molar-refractivity contribution in [1.82, 2.24) is 9.78 Å². The molecule has 0 aliphatic heterocycles. The van der Waals surface area contributed by atoms with Crippen molar-refractivity contribution in [3.8, 4) is 17.1 Å². The van der Waals surface area contributed by atoms with Crippen molar-refractivity contribution in [2.75, 3.05) is 0 Å². The Labute approximate surface area is 119 Å². The molecule has 0 aliphatic carbocycles. The second-order valence-corrected chi connectivity index (χ2v) is 4.58. The third-order valence-corrected chi connectivity index (χ3v) is 3.06.